The van der Waals surface area contributed by atoms with Crippen LogP contribution in [0.4, 0.5) is 11.4 Å². The summed E-state index contributed by atoms with van der Waals surface area (Å²) < 4.78 is 12.3. The summed E-state index contributed by atoms with van der Waals surface area (Å²) in [5, 5.41) is 10.6. The van der Waals surface area contributed by atoms with E-state index in [9.17, 15) is 19.5 Å². The molecule has 6 atom stereocenters. The van der Waals surface area contributed by atoms with Crippen molar-refractivity contribution in [1.29, 1.82) is 0 Å². The van der Waals surface area contributed by atoms with Gasteiger partial charge in [-0.1, -0.05) is 26.0 Å². The molecule has 3 aliphatic heterocycles. The fourth-order valence-corrected chi connectivity index (χ4v) is 7.54. The third kappa shape index (κ3) is 6.31. The minimum Gasteiger partial charge on any atom is -0.465 e. The molecule has 0 aliphatic carbocycles. The number of hydrogen-bond acceptors (Lipinski definition) is 7. The van der Waals surface area contributed by atoms with Crippen molar-refractivity contribution in [2.45, 2.75) is 90.0 Å². The predicted molar refractivity (Wildman–Crippen MR) is 172 cm³/mol. The molecule has 2 unspecified atom stereocenters. The number of carbonyl (C=O) groups is 3. The van der Waals surface area contributed by atoms with Crippen LogP contribution in [0.1, 0.15) is 66.2 Å². The third-order valence-electron chi connectivity index (χ3n) is 9.51. The number of hydrogen-bond donors (Lipinski definition) is 1. The number of anilines is 2. The van der Waals surface area contributed by atoms with Gasteiger partial charge in [0, 0.05) is 31.0 Å². The zero-order valence-electron chi connectivity index (χ0n) is 27.0. The average molecular weight is 610 g/mol. The quantitative estimate of drug-likeness (QED) is 0.155. The van der Waals surface area contributed by atoms with Crippen molar-refractivity contribution in [3.05, 3.63) is 49.6 Å². The van der Waals surface area contributed by atoms with E-state index in [1.807, 2.05) is 44.2 Å². The van der Waals surface area contributed by atoms with Crippen LogP contribution in [0.15, 0.2) is 49.6 Å². The summed E-state index contributed by atoms with van der Waals surface area (Å²) in [6.45, 7) is 17.8. The first-order valence-electron chi connectivity index (χ1n) is 16.3. The molecule has 1 aromatic carbocycles. The summed E-state index contributed by atoms with van der Waals surface area (Å²) in [6.07, 6.45) is 6.98. The fourth-order valence-electron chi connectivity index (χ4n) is 7.54. The molecule has 0 saturated carbocycles. The van der Waals surface area contributed by atoms with E-state index in [-0.39, 0.29) is 37.5 Å². The lowest BCUT2D eigenvalue weighted by molar-refractivity contribution is -0.156. The van der Waals surface area contributed by atoms with Crippen molar-refractivity contribution < 1.29 is 29.0 Å². The molecule has 3 fully saturated rings. The molecule has 2 amide bonds. The van der Waals surface area contributed by atoms with E-state index in [2.05, 4.69) is 31.9 Å². The van der Waals surface area contributed by atoms with Gasteiger partial charge >= 0.3 is 5.97 Å². The first kappa shape index (κ1) is 33.7. The first-order chi connectivity index (χ1) is 21.2. The Balaban J connectivity index is 1.71. The lowest BCUT2D eigenvalue weighted by Crippen LogP contribution is -2.59. The Morgan fingerprint density at radius 2 is 1.82 bits per heavy atom. The largest absolute Gasteiger partial charge is 0.465 e. The number of esters is 1. The number of unbranched alkanes of at least 4 members (excludes halogenated alkanes) is 2. The van der Waals surface area contributed by atoms with Crippen LogP contribution in [0.3, 0.4) is 0 Å². The van der Waals surface area contributed by atoms with Crippen molar-refractivity contribution in [2.75, 3.05) is 42.6 Å². The third-order valence-corrected chi connectivity index (χ3v) is 9.51. The second-order valence-corrected chi connectivity index (χ2v) is 12.6. The maximum Gasteiger partial charge on any atom is 0.312 e. The van der Waals surface area contributed by atoms with Gasteiger partial charge in [0.1, 0.15) is 11.6 Å². The Hall–Kier alpha value is -3.17. The van der Waals surface area contributed by atoms with Gasteiger partial charge in [-0.25, -0.2) is 0 Å². The van der Waals surface area contributed by atoms with Gasteiger partial charge in [-0.05, 0) is 82.6 Å². The number of fused-ring (bicyclic) bond motifs is 1. The molecule has 3 saturated heterocycles. The highest BCUT2D eigenvalue weighted by atomic mass is 16.6. The Morgan fingerprint density at radius 3 is 2.41 bits per heavy atom. The van der Waals surface area contributed by atoms with Crippen molar-refractivity contribution in [1.82, 2.24) is 4.90 Å². The molecular weight excluding hydrogens is 558 g/mol. The van der Waals surface area contributed by atoms with Crippen LogP contribution in [0, 0.1) is 17.8 Å². The Bertz CT molecular complexity index is 1180. The molecule has 3 heterocycles. The molecule has 1 aromatic rings. The van der Waals surface area contributed by atoms with Gasteiger partial charge in [0.15, 0.2) is 0 Å². The first-order valence-corrected chi connectivity index (χ1v) is 16.3. The molecule has 1 N–H and O–H groups in total. The summed E-state index contributed by atoms with van der Waals surface area (Å²) in [7, 11) is 0. The molecule has 44 heavy (non-hydrogen) atoms. The minimum atomic E-state index is -1.17. The van der Waals surface area contributed by atoms with Crippen LogP contribution in [-0.2, 0) is 23.9 Å². The Kier molecular flexibility index (Phi) is 11.3. The van der Waals surface area contributed by atoms with Crippen molar-refractivity contribution in [3.8, 4) is 0 Å². The van der Waals surface area contributed by atoms with Crippen LogP contribution in [0.5, 0.6) is 0 Å². The summed E-state index contributed by atoms with van der Waals surface area (Å²) in [6, 6.07) is 6.25. The lowest BCUT2D eigenvalue weighted by Gasteiger charge is -2.39. The SMILES string of the molecule is C=CCCCCOC(=O)[C@@H]1[C@H]2C(=O)N([C@@H](CO)CC(C)C)C(C(=O)N(CC=C)c3ccc(N(CC)CC)cc3)C23CC[C@H]1O3. The molecular formula is C35H51N3O6. The maximum atomic E-state index is 14.8. The molecule has 4 rings (SSSR count). The number of nitrogens with zero attached hydrogens (tertiary/aromatic N) is 3. The van der Waals surface area contributed by atoms with E-state index < -0.39 is 41.6 Å². The number of allylic oxidation sites excluding steroid dienone is 1. The van der Waals surface area contributed by atoms with Crippen molar-refractivity contribution >= 4 is 29.2 Å². The standard InChI is InChI=1S/C35H51N3O6/c1-7-11-12-13-21-43-34(42)29-28-18-19-35(44-28)30(29)32(40)38(27(23-39)22-24(5)6)31(35)33(41)37(20-8-2)26-16-14-25(15-17-26)36(9-3)10-4/h7-8,14-17,24,27-31,39H,1-2,9-13,18-23H2,3-6H3/t27-,28-,29+,30+,31?,35?/m1/s1. The number of aliphatic hydroxyl groups is 1. The minimum absolute atomic E-state index is 0.166. The number of amides is 2. The molecule has 0 aromatic heterocycles. The Morgan fingerprint density at radius 1 is 1.14 bits per heavy atom. The fraction of sp³-hybridized carbons (Fsp3) is 0.629. The van der Waals surface area contributed by atoms with E-state index in [1.54, 1.807) is 15.9 Å². The van der Waals surface area contributed by atoms with E-state index >= 15 is 0 Å². The van der Waals surface area contributed by atoms with Crippen molar-refractivity contribution in [3.63, 3.8) is 0 Å². The highest BCUT2D eigenvalue weighted by Crippen LogP contribution is 2.59. The van der Waals surface area contributed by atoms with Gasteiger partial charge in [-0.3, -0.25) is 14.4 Å². The van der Waals surface area contributed by atoms with E-state index in [0.717, 1.165) is 31.6 Å². The van der Waals surface area contributed by atoms with Gasteiger partial charge in [-0.2, -0.15) is 0 Å². The monoisotopic (exact) mass is 609 g/mol. The molecule has 9 nitrogen and oxygen atoms in total. The normalized spacial score (nSPS) is 26.0. The second-order valence-electron chi connectivity index (χ2n) is 12.6. The van der Waals surface area contributed by atoms with Crippen LogP contribution in [0.2, 0.25) is 0 Å². The molecule has 3 aliphatic rings. The number of rotatable bonds is 17. The van der Waals surface area contributed by atoms with E-state index in [0.29, 0.717) is 31.4 Å². The highest BCUT2D eigenvalue weighted by molar-refractivity contribution is 6.05. The zero-order chi connectivity index (χ0) is 32.0. The van der Waals surface area contributed by atoms with Crippen LogP contribution >= 0.6 is 0 Å². The molecule has 1 spiro atoms. The van der Waals surface area contributed by atoms with Crippen LogP contribution in [0.25, 0.3) is 0 Å². The predicted octanol–water partition coefficient (Wildman–Crippen LogP) is 4.73. The summed E-state index contributed by atoms with van der Waals surface area (Å²) in [5.74, 6) is -2.50. The smallest absolute Gasteiger partial charge is 0.312 e. The Labute approximate surface area is 262 Å². The van der Waals surface area contributed by atoms with Gasteiger partial charge in [0.25, 0.3) is 5.91 Å². The summed E-state index contributed by atoms with van der Waals surface area (Å²) >= 11 is 0. The molecule has 2 bridgehead atoms. The lowest BCUT2D eigenvalue weighted by atomic mass is 9.70. The maximum absolute atomic E-state index is 14.8. The van der Waals surface area contributed by atoms with Gasteiger partial charge in [-0.15, -0.1) is 13.2 Å². The number of benzene rings is 1. The molecule has 242 valence electrons. The van der Waals surface area contributed by atoms with E-state index in [1.165, 1.54) is 0 Å². The number of carbonyl (C=O) groups excluding carboxylic acids is 3. The summed E-state index contributed by atoms with van der Waals surface area (Å²) in [5.41, 5.74) is 0.573. The zero-order valence-corrected chi connectivity index (χ0v) is 27.0. The second kappa shape index (κ2) is 14.7. The summed E-state index contributed by atoms with van der Waals surface area (Å²) in [4.78, 5) is 48.1. The van der Waals surface area contributed by atoms with Gasteiger partial charge < -0.3 is 29.3 Å². The van der Waals surface area contributed by atoms with Gasteiger partial charge in [0.05, 0.1) is 37.2 Å². The van der Waals surface area contributed by atoms with E-state index in [4.69, 9.17) is 9.47 Å². The average Bonchev–Trinajstić information content (AvgIpc) is 3.66. The highest BCUT2D eigenvalue weighted by Gasteiger charge is 2.75. The van der Waals surface area contributed by atoms with Crippen LogP contribution < -0.4 is 9.80 Å². The number of likely N-dealkylation sites (tertiary alicyclic amines) is 1. The topological polar surface area (TPSA) is 99.6 Å². The van der Waals surface area contributed by atoms with Crippen molar-refractivity contribution in [2.24, 2.45) is 17.8 Å². The molecule has 9 heteroatoms. The molecule has 0 radical (unpaired) electrons. The number of ether oxygens (including phenoxy) is 2. The number of aliphatic hydroxyl groups excluding tert-OH is 1. The van der Waals surface area contributed by atoms with Crippen LogP contribution in [-0.4, -0.2) is 84.4 Å². The van der Waals surface area contributed by atoms with Gasteiger partial charge in [0.2, 0.25) is 5.91 Å².